The molecule has 0 saturated carbocycles. The first-order chi connectivity index (χ1) is 6.27. The highest BCUT2D eigenvalue weighted by molar-refractivity contribution is 6.28. The highest BCUT2D eigenvalue weighted by Gasteiger charge is 2.03. The quantitative estimate of drug-likeness (QED) is 0.647. The molecule has 2 aromatic rings. The molecule has 5 heteroatoms. The van der Waals surface area contributed by atoms with Crippen molar-refractivity contribution in [3.63, 3.8) is 0 Å². The van der Waals surface area contributed by atoms with Crippen molar-refractivity contribution < 1.29 is 0 Å². The molecule has 0 aromatic carbocycles. The zero-order valence-electron chi connectivity index (χ0n) is 6.98. The van der Waals surface area contributed by atoms with Gasteiger partial charge in [-0.25, -0.2) is 9.97 Å². The lowest BCUT2D eigenvalue weighted by Crippen LogP contribution is -1.95. The van der Waals surface area contributed by atoms with Gasteiger partial charge in [0.1, 0.15) is 0 Å². The molecule has 0 aliphatic rings. The monoisotopic (exact) mass is 194 g/mol. The number of aryl methyl sites for hydroxylation is 1. The van der Waals surface area contributed by atoms with E-state index in [1.807, 2.05) is 13.1 Å². The molecule has 0 unspecified atom stereocenters. The lowest BCUT2D eigenvalue weighted by atomic mass is 10.3. The van der Waals surface area contributed by atoms with Crippen molar-refractivity contribution in [1.29, 1.82) is 0 Å². The second-order valence-corrected chi connectivity index (χ2v) is 2.89. The largest absolute Gasteiger partial charge is 0.266 e. The second-order valence-electron chi connectivity index (χ2n) is 2.55. The van der Waals surface area contributed by atoms with Crippen molar-refractivity contribution in [2.75, 3.05) is 0 Å². The Bertz CT molecular complexity index is 424. The van der Waals surface area contributed by atoms with Gasteiger partial charge in [0.15, 0.2) is 0 Å². The summed E-state index contributed by atoms with van der Waals surface area (Å²) in [7, 11) is 1.85. The molecular formula is C8H7ClN4. The average molecular weight is 195 g/mol. The Morgan fingerprint density at radius 3 is 2.77 bits per heavy atom. The molecule has 0 aliphatic carbocycles. The fraction of sp³-hybridized carbons (Fsp3) is 0.125. The van der Waals surface area contributed by atoms with Crippen molar-refractivity contribution in [3.8, 4) is 11.4 Å². The highest BCUT2D eigenvalue weighted by Crippen LogP contribution is 2.15. The van der Waals surface area contributed by atoms with Crippen LogP contribution in [0.4, 0.5) is 0 Å². The normalized spacial score (nSPS) is 10.3. The molecule has 0 aliphatic heterocycles. The molecular weight excluding hydrogens is 188 g/mol. The van der Waals surface area contributed by atoms with E-state index in [9.17, 15) is 0 Å². The standard InChI is InChI=1S/C8H7ClN4/c1-13-7(3-5-11-13)6-2-4-10-8(9)12-6/h2-5H,1H3. The van der Waals surface area contributed by atoms with Crippen LogP contribution in [-0.2, 0) is 7.05 Å². The van der Waals surface area contributed by atoms with Crippen LogP contribution in [0.15, 0.2) is 24.5 Å². The Labute approximate surface area is 80.2 Å². The van der Waals surface area contributed by atoms with Crippen LogP contribution in [0.25, 0.3) is 11.4 Å². The van der Waals surface area contributed by atoms with Crippen LogP contribution in [0.2, 0.25) is 5.28 Å². The summed E-state index contributed by atoms with van der Waals surface area (Å²) in [6, 6.07) is 3.67. The number of nitrogens with zero attached hydrogens (tertiary/aromatic N) is 4. The molecule has 66 valence electrons. The Morgan fingerprint density at radius 2 is 2.15 bits per heavy atom. The van der Waals surface area contributed by atoms with Crippen molar-refractivity contribution in [2.45, 2.75) is 0 Å². The van der Waals surface area contributed by atoms with E-state index in [2.05, 4.69) is 15.1 Å². The lowest BCUT2D eigenvalue weighted by molar-refractivity contribution is 0.773. The number of rotatable bonds is 1. The molecule has 0 atom stereocenters. The fourth-order valence-corrected chi connectivity index (χ4v) is 1.25. The second kappa shape index (κ2) is 3.14. The maximum Gasteiger partial charge on any atom is 0.222 e. The Morgan fingerprint density at radius 1 is 1.31 bits per heavy atom. The smallest absolute Gasteiger partial charge is 0.222 e. The average Bonchev–Trinajstić information content (AvgIpc) is 2.51. The fourth-order valence-electron chi connectivity index (χ4n) is 1.10. The van der Waals surface area contributed by atoms with Crippen molar-refractivity contribution in [3.05, 3.63) is 29.8 Å². The van der Waals surface area contributed by atoms with Crippen LogP contribution < -0.4 is 0 Å². The zero-order valence-corrected chi connectivity index (χ0v) is 7.73. The Kier molecular flexibility index (Phi) is 1.98. The minimum Gasteiger partial charge on any atom is -0.266 e. The van der Waals surface area contributed by atoms with Crippen LogP contribution in [-0.4, -0.2) is 19.7 Å². The van der Waals surface area contributed by atoms with Crippen LogP contribution >= 0.6 is 11.6 Å². The van der Waals surface area contributed by atoms with E-state index in [1.165, 1.54) is 0 Å². The summed E-state index contributed by atoms with van der Waals surface area (Å²) < 4.78 is 1.73. The molecule has 0 N–H and O–H groups in total. The molecule has 0 saturated heterocycles. The Balaban J connectivity index is 2.53. The molecule has 0 bridgehead atoms. The maximum atomic E-state index is 5.66. The van der Waals surface area contributed by atoms with E-state index in [1.54, 1.807) is 23.1 Å². The molecule has 0 amide bonds. The number of aromatic nitrogens is 4. The third-order valence-corrected chi connectivity index (χ3v) is 1.89. The van der Waals surface area contributed by atoms with Gasteiger partial charge in [-0.05, 0) is 23.7 Å². The molecule has 2 rings (SSSR count). The van der Waals surface area contributed by atoms with Gasteiger partial charge >= 0.3 is 0 Å². The summed E-state index contributed by atoms with van der Waals surface area (Å²) in [4.78, 5) is 7.87. The van der Waals surface area contributed by atoms with Crippen LogP contribution in [0.1, 0.15) is 0 Å². The first-order valence-electron chi connectivity index (χ1n) is 3.74. The molecule has 2 aromatic heterocycles. The maximum absolute atomic E-state index is 5.66. The Hall–Kier alpha value is -1.42. The summed E-state index contributed by atoms with van der Waals surface area (Å²) >= 11 is 5.66. The summed E-state index contributed by atoms with van der Waals surface area (Å²) in [6.07, 6.45) is 3.34. The van der Waals surface area contributed by atoms with Gasteiger partial charge in [-0.3, -0.25) is 4.68 Å². The van der Waals surface area contributed by atoms with Crippen molar-refractivity contribution in [2.24, 2.45) is 7.05 Å². The number of halogens is 1. The first-order valence-corrected chi connectivity index (χ1v) is 4.12. The third kappa shape index (κ3) is 1.53. The van der Waals surface area contributed by atoms with Crippen molar-refractivity contribution in [1.82, 2.24) is 19.7 Å². The SMILES string of the molecule is Cn1nccc1-c1ccnc(Cl)n1. The van der Waals surface area contributed by atoms with E-state index < -0.39 is 0 Å². The number of hydrogen-bond acceptors (Lipinski definition) is 3. The van der Waals surface area contributed by atoms with Gasteiger partial charge in [-0.15, -0.1) is 0 Å². The summed E-state index contributed by atoms with van der Waals surface area (Å²) in [5.74, 6) is 0. The van der Waals surface area contributed by atoms with Gasteiger partial charge in [0.2, 0.25) is 5.28 Å². The topological polar surface area (TPSA) is 43.6 Å². The summed E-state index contributed by atoms with van der Waals surface area (Å²) in [5, 5.41) is 4.28. The third-order valence-electron chi connectivity index (χ3n) is 1.71. The minimum atomic E-state index is 0.249. The predicted octanol–water partition coefficient (Wildman–Crippen LogP) is 1.53. The zero-order chi connectivity index (χ0) is 9.26. The summed E-state index contributed by atoms with van der Waals surface area (Å²) in [6.45, 7) is 0. The van der Waals surface area contributed by atoms with Crippen LogP contribution in [0.3, 0.4) is 0 Å². The van der Waals surface area contributed by atoms with E-state index in [4.69, 9.17) is 11.6 Å². The minimum absolute atomic E-state index is 0.249. The molecule has 4 nitrogen and oxygen atoms in total. The lowest BCUT2D eigenvalue weighted by Gasteiger charge is -1.99. The van der Waals surface area contributed by atoms with Crippen LogP contribution in [0.5, 0.6) is 0 Å². The van der Waals surface area contributed by atoms with E-state index >= 15 is 0 Å². The van der Waals surface area contributed by atoms with Gasteiger partial charge in [0.25, 0.3) is 0 Å². The van der Waals surface area contributed by atoms with E-state index in [0.717, 1.165) is 11.4 Å². The molecule has 13 heavy (non-hydrogen) atoms. The molecule has 0 spiro atoms. The van der Waals surface area contributed by atoms with E-state index in [0.29, 0.717) is 0 Å². The van der Waals surface area contributed by atoms with Gasteiger partial charge in [-0.2, -0.15) is 5.10 Å². The first kappa shape index (κ1) is 8.19. The van der Waals surface area contributed by atoms with Gasteiger partial charge in [0, 0.05) is 19.4 Å². The van der Waals surface area contributed by atoms with E-state index in [-0.39, 0.29) is 5.28 Å². The van der Waals surface area contributed by atoms with Crippen LogP contribution in [0, 0.1) is 0 Å². The molecule has 0 fully saturated rings. The predicted molar refractivity (Wildman–Crippen MR) is 49.2 cm³/mol. The van der Waals surface area contributed by atoms with Gasteiger partial charge < -0.3 is 0 Å². The summed E-state index contributed by atoms with van der Waals surface area (Å²) in [5.41, 5.74) is 1.70. The molecule has 2 heterocycles. The van der Waals surface area contributed by atoms with Crippen molar-refractivity contribution >= 4 is 11.6 Å². The highest BCUT2D eigenvalue weighted by atomic mass is 35.5. The van der Waals surface area contributed by atoms with Gasteiger partial charge in [0.05, 0.1) is 11.4 Å². The number of hydrogen-bond donors (Lipinski definition) is 0. The van der Waals surface area contributed by atoms with Gasteiger partial charge in [-0.1, -0.05) is 0 Å². The molecule has 0 radical (unpaired) electrons.